The number of methoxy groups -OCH3 is 1. The summed E-state index contributed by atoms with van der Waals surface area (Å²) >= 11 is 0. The lowest BCUT2D eigenvalue weighted by atomic mass is 9.83. The van der Waals surface area contributed by atoms with Crippen molar-refractivity contribution in [2.24, 2.45) is 5.92 Å². The highest BCUT2D eigenvalue weighted by molar-refractivity contribution is 5.82. The molecule has 1 fully saturated rings. The summed E-state index contributed by atoms with van der Waals surface area (Å²) in [6, 6.07) is 5.38. The number of carbonyl (C=O) groups is 2. The van der Waals surface area contributed by atoms with Crippen LogP contribution in [0.1, 0.15) is 61.5 Å². The summed E-state index contributed by atoms with van der Waals surface area (Å²) < 4.78 is 46.4. The molecule has 8 nitrogen and oxygen atoms in total. The van der Waals surface area contributed by atoms with Gasteiger partial charge in [0.25, 0.3) is 0 Å². The van der Waals surface area contributed by atoms with Crippen molar-refractivity contribution in [2.45, 2.75) is 70.5 Å². The number of benzene rings is 1. The van der Waals surface area contributed by atoms with E-state index in [9.17, 15) is 27.6 Å². The molecule has 2 aliphatic rings. The Morgan fingerprint density at radius 1 is 1.08 bits per heavy atom. The van der Waals surface area contributed by atoms with Crippen LogP contribution in [0.2, 0.25) is 0 Å². The van der Waals surface area contributed by atoms with Crippen LogP contribution in [0.25, 0.3) is 5.69 Å². The van der Waals surface area contributed by atoms with Crippen LogP contribution >= 0.6 is 0 Å². The summed E-state index contributed by atoms with van der Waals surface area (Å²) in [5, 5.41) is 4.49. The molecular weight excluding hydrogens is 477 g/mol. The lowest BCUT2D eigenvalue weighted by molar-refractivity contribution is -0.185. The van der Waals surface area contributed by atoms with E-state index < -0.39 is 12.1 Å². The van der Waals surface area contributed by atoms with Gasteiger partial charge in [-0.15, -0.1) is 0 Å². The van der Waals surface area contributed by atoms with Crippen LogP contribution in [0.4, 0.5) is 13.2 Å². The van der Waals surface area contributed by atoms with Gasteiger partial charge in [0.2, 0.25) is 0 Å². The molecule has 0 atom stereocenters. The first kappa shape index (κ1) is 26.0. The highest BCUT2D eigenvalue weighted by atomic mass is 19.4. The zero-order chi connectivity index (χ0) is 26.0. The Morgan fingerprint density at radius 3 is 2.39 bits per heavy atom. The Hall–Kier alpha value is -3.11. The second-order valence-electron chi connectivity index (χ2n) is 9.64. The zero-order valence-corrected chi connectivity index (χ0v) is 20.5. The van der Waals surface area contributed by atoms with Crippen LogP contribution < -0.4 is 5.69 Å². The van der Waals surface area contributed by atoms with E-state index in [0.29, 0.717) is 30.3 Å². The van der Waals surface area contributed by atoms with Gasteiger partial charge in [-0.05, 0) is 81.0 Å². The van der Waals surface area contributed by atoms with Gasteiger partial charge in [0, 0.05) is 25.6 Å². The smallest absolute Gasteiger partial charge is 0.469 e. The third-order valence-electron chi connectivity index (χ3n) is 7.41. The Kier molecular flexibility index (Phi) is 7.56. The van der Waals surface area contributed by atoms with Crippen LogP contribution in [0.5, 0.6) is 0 Å². The van der Waals surface area contributed by atoms with Crippen LogP contribution in [-0.2, 0) is 27.2 Å². The van der Waals surface area contributed by atoms with Crippen LogP contribution in [0.3, 0.4) is 0 Å². The Labute approximate surface area is 207 Å². The van der Waals surface area contributed by atoms with Crippen molar-refractivity contribution >= 4 is 11.9 Å². The number of aromatic nitrogens is 3. The molecule has 196 valence electrons. The Balaban J connectivity index is 1.47. The van der Waals surface area contributed by atoms with E-state index in [1.165, 1.54) is 11.8 Å². The number of ether oxygens (including phenoxy) is 1. The van der Waals surface area contributed by atoms with E-state index >= 15 is 0 Å². The summed E-state index contributed by atoms with van der Waals surface area (Å²) in [4.78, 5) is 37.3. The molecule has 1 aromatic carbocycles. The number of nitrogens with zero attached hydrogens (tertiary/aromatic N) is 4. The normalized spacial score (nSPS) is 20.5. The lowest BCUT2D eigenvalue weighted by Gasteiger charge is -2.29. The largest absolute Gasteiger partial charge is 0.471 e. The predicted molar refractivity (Wildman–Crippen MR) is 125 cm³/mol. The molecule has 2 aromatic rings. The molecule has 11 heteroatoms. The van der Waals surface area contributed by atoms with Crippen molar-refractivity contribution < 1.29 is 27.5 Å². The maximum Gasteiger partial charge on any atom is 0.471 e. The number of fused-ring (bicyclic) bond motifs is 1. The number of carbonyl (C=O) groups excluding carboxylic acids is 2. The number of hydrogen-bond donors (Lipinski definition) is 0. The fourth-order valence-corrected chi connectivity index (χ4v) is 5.41. The van der Waals surface area contributed by atoms with Crippen LogP contribution in [-0.4, -0.2) is 57.5 Å². The van der Waals surface area contributed by atoms with Gasteiger partial charge in [-0.25, -0.2) is 4.79 Å². The van der Waals surface area contributed by atoms with Crippen molar-refractivity contribution in [3.05, 3.63) is 45.6 Å². The second-order valence-corrected chi connectivity index (χ2v) is 9.64. The van der Waals surface area contributed by atoms with E-state index in [0.717, 1.165) is 48.1 Å². The number of alkyl halides is 3. The fraction of sp³-hybridized carbons (Fsp3) is 0.600. The Bertz CT molecular complexity index is 1180. The number of rotatable bonds is 5. The van der Waals surface area contributed by atoms with Crippen molar-refractivity contribution in [1.29, 1.82) is 0 Å². The van der Waals surface area contributed by atoms with Gasteiger partial charge in [0.15, 0.2) is 0 Å². The summed E-state index contributed by atoms with van der Waals surface area (Å²) in [5.41, 5.74) is 2.00. The van der Waals surface area contributed by atoms with Gasteiger partial charge in [0.05, 0.1) is 12.8 Å². The van der Waals surface area contributed by atoms with Gasteiger partial charge >= 0.3 is 23.7 Å². The van der Waals surface area contributed by atoms with Crippen LogP contribution in [0, 0.1) is 12.8 Å². The third kappa shape index (κ3) is 5.49. The molecule has 36 heavy (non-hydrogen) atoms. The van der Waals surface area contributed by atoms with E-state index in [4.69, 9.17) is 4.74 Å². The first-order chi connectivity index (χ1) is 17.1. The van der Waals surface area contributed by atoms with Crippen molar-refractivity contribution in [1.82, 2.24) is 19.2 Å². The van der Waals surface area contributed by atoms with E-state index in [1.54, 1.807) is 29.7 Å². The van der Waals surface area contributed by atoms with Crippen LogP contribution in [0.15, 0.2) is 23.0 Å². The standard InChI is InChI=1S/C25H31F3N4O4/c1-16-29-32(24(35)31(16)20-7-3-17(4-8-20)5-10-22(33)36-2)21-9-6-18-11-13-30(14-12-19(18)15-21)23(34)25(26,27)28/h6,9,15,17,20H,3-5,7-8,10-14H2,1-2H3. The molecule has 0 unspecified atom stereocenters. The van der Waals surface area contributed by atoms with Gasteiger partial charge in [-0.3, -0.25) is 14.2 Å². The van der Waals surface area contributed by atoms with Gasteiger partial charge in [0.1, 0.15) is 5.82 Å². The summed E-state index contributed by atoms with van der Waals surface area (Å²) in [5.74, 6) is -0.985. The quantitative estimate of drug-likeness (QED) is 0.577. The highest BCUT2D eigenvalue weighted by Gasteiger charge is 2.42. The topological polar surface area (TPSA) is 86.4 Å². The molecule has 0 bridgehead atoms. The lowest BCUT2D eigenvalue weighted by Crippen LogP contribution is -2.42. The summed E-state index contributed by atoms with van der Waals surface area (Å²) in [7, 11) is 1.39. The van der Waals surface area contributed by atoms with Gasteiger partial charge in [-0.1, -0.05) is 6.07 Å². The average molecular weight is 509 g/mol. The van der Waals surface area contributed by atoms with Gasteiger partial charge in [-0.2, -0.15) is 23.0 Å². The molecule has 0 saturated heterocycles. The van der Waals surface area contributed by atoms with Gasteiger partial charge < -0.3 is 9.64 Å². The minimum atomic E-state index is -4.89. The Morgan fingerprint density at radius 2 is 1.75 bits per heavy atom. The second kappa shape index (κ2) is 10.5. The molecule has 1 aliphatic heterocycles. The molecule has 1 amide bonds. The molecule has 4 rings (SSSR count). The maximum atomic E-state index is 13.3. The summed E-state index contributed by atoms with van der Waals surface area (Å²) in [6.07, 6.45) is 0.386. The number of halogens is 3. The minimum absolute atomic E-state index is 0.000671. The number of aryl methyl sites for hydroxylation is 1. The third-order valence-corrected chi connectivity index (χ3v) is 7.41. The van der Waals surface area contributed by atoms with Crippen molar-refractivity contribution in [3.63, 3.8) is 0 Å². The molecule has 0 N–H and O–H groups in total. The molecular formula is C25H31F3N4O4. The van der Waals surface area contributed by atoms with E-state index in [2.05, 4.69) is 5.10 Å². The zero-order valence-electron chi connectivity index (χ0n) is 20.5. The molecule has 1 aromatic heterocycles. The molecule has 2 heterocycles. The minimum Gasteiger partial charge on any atom is -0.469 e. The molecule has 1 aliphatic carbocycles. The number of esters is 1. The fourth-order valence-electron chi connectivity index (χ4n) is 5.41. The summed E-state index contributed by atoms with van der Waals surface area (Å²) in [6.45, 7) is 1.77. The van der Waals surface area contributed by atoms with E-state index in [-0.39, 0.29) is 37.2 Å². The molecule has 1 saturated carbocycles. The predicted octanol–water partition coefficient (Wildman–Crippen LogP) is 3.52. The van der Waals surface area contributed by atoms with Crippen molar-refractivity contribution in [3.8, 4) is 5.69 Å². The average Bonchev–Trinajstić information content (AvgIpc) is 3.02. The first-order valence-electron chi connectivity index (χ1n) is 12.3. The first-order valence-corrected chi connectivity index (χ1v) is 12.3. The monoisotopic (exact) mass is 508 g/mol. The molecule has 0 radical (unpaired) electrons. The highest BCUT2D eigenvalue weighted by Crippen LogP contribution is 2.34. The van der Waals surface area contributed by atoms with Crippen molar-refractivity contribution in [2.75, 3.05) is 20.2 Å². The SMILES string of the molecule is COC(=O)CCC1CCC(n2c(C)nn(-c3ccc4c(c3)CCN(C(=O)C(F)(F)F)CC4)c2=O)CC1. The van der Waals surface area contributed by atoms with E-state index in [1.807, 2.05) is 0 Å². The molecule has 0 spiro atoms. The number of amides is 1. The number of hydrogen-bond acceptors (Lipinski definition) is 5. The maximum absolute atomic E-state index is 13.3.